The van der Waals surface area contributed by atoms with Gasteiger partial charge in [-0.1, -0.05) is 24.4 Å². The zero-order valence-electron chi connectivity index (χ0n) is 13.4. The van der Waals surface area contributed by atoms with Crippen molar-refractivity contribution in [2.45, 2.75) is 31.2 Å². The topological polar surface area (TPSA) is 88.5 Å². The van der Waals surface area contributed by atoms with E-state index in [1.165, 1.54) is 6.07 Å². The molecule has 0 bridgehead atoms. The number of carbonyl (C=O) groups excluding carboxylic acids is 1. The molecule has 1 saturated carbocycles. The van der Waals surface area contributed by atoms with Gasteiger partial charge in [0.2, 0.25) is 0 Å². The minimum atomic E-state index is -1.18. The summed E-state index contributed by atoms with van der Waals surface area (Å²) in [4.78, 5) is 27.9. The van der Waals surface area contributed by atoms with E-state index >= 15 is 0 Å². The van der Waals surface area contributed by atoms with Gasteiger partial charge < -0.3 is 15.2 Å². The predicted octanol–water partition coefficient (Wildman–Crippen LogP) is 3.65. The van der Waals surface area contributed by atoms with Crippen molar-refractivity contribution in [3.8, 4) is 11.5 Å². The molecule has 0 atom stereocenters. The van der Waals surface area contributed by atoms with Crippen LogP contribution >= 0.6 is 11.6 Å². The van der Waals surface area contributed by atoms with Crippen LogP contribution in [0, 0.1) is 0 Å². The Morgan fingerprint density at radius 3 is 2.44 bits per heavy atom. The highest BCUT2D eigenvalue weighted by Gasteiger charge is 2.42. The molecule has 1 aromatic heterocycles. The number of aromatic nitrogens is 1. The number of hydrogen-bond donors (Lipinski definition) is 2. The van der Waals surface area contributed by atoms with Crippen molar-refractivity contribution in [2.24, 2.45) is 0 Å². The lowest BCUT2D eigenvalue weighted by molar-refractivity contribution is -0.144. The average molecular weight is 361 g/mol. The Kier molecular flexibility index (Phi) is 4.90. The monoisotopic (exact) mass is 360 g/mol. The van der Waals surface area contributed by atoms with E-state index in [9.17, 15) is 14.7 Å². The lowest BCUT2D eigenvalue weighted by Crippen LogP contribution is -2.52. The third-order valence-electron chi connectivity index (χ3n) is 4.29. The molecule has 0 radical (unpaired) electrons. The van der Waals surface area contributed by atoms with E-state index in [-0.39, 0.29) is 5.02 Å². The van der Waals surface area contributed by atoms with Crippen molar-refractivity contribution < 1.29 is 19.4 Å². The van der Waals surface area contributed by atoms with Crippen LogP contribution in [0.15, 0.2) is 42.7 Å². The first-order valence-corrected chi connectivity index (χ1v) is 8.31. The minimum absolute atomic E-state index is 0.264. The number of amides is 1. The van der Waals surface area contributed by atoms with Gasteiger partial charge in [0.05, 0.1) is 5.02 Å². The molecule has 1 heterocycles. The van der Waals surface area contributed by atoms with Crippen molar-refractivity contribution in [2.75, 3.05) is 0 Å². The molecule has 1 aromatic carbocycles. The van der Waals surface area contributed by atoms with Crippen molar-refractivity contribution >= 4 is 23.5 Å². The molecule has 0 unspecified atom stereocenters. The largest absolute Gasteiger partial charge is 0.480 e. The van der Waals surface area contributed by atoms with E-state index in [1.807, 2.05) is 0 Å². The minimum Gasteiger partial charge on any atom is -0.480 e. The summed E-state index contributed by atoms with van der Waals surface area (Å²) in [5.74, 6) is -0.480. The number of benzene rings is 1. The van der Waals surface area contributed by atoms with Gasteiger partial charge in [0, 0.05) is 18.0 Å². The maximum absolute atomic E-state index is 12.4. The lowest BCUT2D eigenvalue weighted by atomic mass is 9.97. The highest BCUT2D eigenvalue weighted by Crippen LogP contribution is 2.32. The van der Waals surface area contributed by atoms with Crippen LogP contribution in [-0.4, -0.2) is 27.5 Å². The number of ether oxygens (including phenoxy) is 1. The zero-order chi connectivity index (χ0) is 17.9. The molecule has 1 fully saturated rings. The Labute approximate surface area is 149 Å². The summed E-state index contributed by atoms with van der Waals surface area (Å²) in [5, 5.41) is 12.4. The fourth-order valence-corrected chi connectivity index (χ4v) is 3.14. The van der Waals surface area contributed by atoms with Crippen molar-refractivity contribution in [3.05, 3.63) is 53.3 Å². The van der Waals surface area contributed by atoms with E-state index < -0.39 is 17.4 Å². The van der Waals surface area contributed by atoms with Crippen molar-refractivity contribution in [1.29, 1.82) is 0 Å². The molecule has 1 amide bonds. The molecule has 3 rings (SSSR count). The molecule has 7 heteroatoms. The van der Waals surface area contributed by atoms with E-state index in [0.29, 0.717) is 29.9 Å². The van der Waals surface area contributed by atoms with Gasteiger partial charge in [-0.05, 0) is 43.2 Å². The van der Waals surface area contributed by atoms with Gasteiger partial charge in [-0.25, -0.2) is 4.79 Å². The second-order valence-electron chi connectivity index (χ2n) is 5.98. The molecule has 0 saturated heterocycles. The lowest BCUT2D eigenvalue weighted by Gasteiger charge is -2.25. The first-order valence-electron chi connectivity index (χ1n) is 7.93. The molecule has 2 aromatic rings. The summed E-state index contributed by atoms with van der Waals surface area (Å²) in [7, 11) is 0. The van der Waals surface area contributed by atoms with Gasteiger partial charge in [-0.15, -0.1) is 0 Å². The molecule has 130 valence electrons. The Morgan fingerprint density at radius 1 is 1.16 bits per heavy atom. The molecule has 25 heavy (non-hydrogen) atoms. The van der Waals surface area contributed by atoms with Gasteiger partial charge in [0.25, 0.3) is 5.91 Å². The van der Waals surface area contributed by atoms with Gasteiger partial charge in [-0.3, -0.25) is 9.78 Å². The Bertz CT molecular complexity index is 789. The van der Waals surface area contributed by atoms with Crippen LogP contribution in [0.2, 0.25) is 5.02 Å². The third kappa shape index (κ3) is 3.74. The van der Waals surface area contributed by atoms with Gasteiger partial charge in [0.15, 0.2) is 0 Å². The van der Waals surface area contributed by atoms with Gasteiger partial charge in [0.1, 0.15) is 17.0 Å². The van der Waals surface area contributed by atoms with Crippen LogP contribution in [-0.2, 0) is 4.79 Å². The maximum Gasteiger partial charge on any atom is 0.329 e. The number of aliphatic carboxylic acids is 1. The molecule has 1 aliphatic rings. The molecule has 0 spiro atoms. The molecular weight excluding hydrogens is 344 g/mol. The number of carboxylic acids is 1. The fourth-order valence-electron chi connectivity index (χ4n) is 2.92. The number of halogens is 1. The molecule has 0 aliphatic heterocycles. The summed E-state index contributed by atoms with van der Waals surface area (Å²) in [6, 6.07) is 7.99. The smallest absolute Gasteiger partial charge is 0.329 e. The summed E-state index contributed by atoms with van der Waals surface area (Å²) in [5.41, 5.74) is -0.893. The van der Waals surface area contributed by atoms with Gasteiger partial charge in [-0.2, -0.15) is 0 Å². The normalized spacial score (nSPS) is 15.6. The second kappa shape index (κ2) is 7.11. The first-order chi connectivity index (χ1) is 12.0. The summed E-state index contributed by atoms with van der Waals surface area (Å²) in [6.07, 6.45) is 5.63. The average Bonchev–Trinajstić information content (AvgIpc) is 3.07. The summed E-state index contributed by atoms with van der Waals surface area (Å²) >= 11 is 6.20. The number of hydrogen-bond acceptors (Lipinski definition) is 4. The maximum atomic E-state index is 12.4. The highest BCUT2D eigenvalue weighted by molar-refractivity contribution is 6.32. The van der Waals surface area contributed by atoms with Crippen molar-refractivity contribution in [1.82, 2.24) is 10.3 Å². The highest BCUT2D eigenvalue weighted by atomic mass is 35.5. The van der Waals surface area contributed by atoms with Crippen LogP contribution in [0.3, 0.4) is 0 Å². The second-order valence-corrected chi connectivity index (χ2v) is 6.39. The summed E-state index contributed by atoms with van der Waals surface area (Å²) in [6.45, 7) is 0. The number of nitrogens with one attached hydrogen (secondary N) is 1. The number of carboxylic acid groups (broad SMARTS) is 1. The van der Waals surface area contributed by atoms with E-state index in [4.69, 9.17) is 16.3 Å². The van der Waals surface area contributed by atoms with Crippen LogP contribution in [0.1, 0.15) is 36.0 Å². The van der Waals surface area contributed by atoms with E-state index in [1.54, 1.807) is 36.7 Å². The quantitative estimate of drug-likeness (QED) is 0.849. The third-order valence-corrected chi connectivity index (χ3v) is 4.59. The number of carbonyl (C=O) groups is 2. The summed E-state index contributed by atoms with van der Waals surface area (Å²) < 4.78 is 5.64. The molecular formula is C18H17ClN2O4. The first kappa shape index (κ1) is 17.2. The number of pyridine rings is 1. The van der Waals surface area contributed by atoms with E-state index in [0.717, 1.165) is 12.8 Å². The number of rotatable bonds is 5. The Hall–Kier alpha value is -2.60. The van der Waals surface area contributed by atoms with Gasteiger partial charge >= 0.3 is 5.97 Å². The van der Waals surface area contributed by atoms with Crippen LogP contribution in [0.4, 0.5) is 0 Å². The SMILES string of the molecule is O=C(NC1(C(=O)O)CCCC1)c1ccc(Oc2ccncc2)c(Cl)c1. The zero-order valence-corrected chi connectivity index (χ0v) is 14.1. The van der Waals surface area contributed by atoms with Crippen LogP contribution in [0.5, 0.6) is 11.5 Å². The Morgan fingerprint density at radius 2 is 1.84 bits per heavy atom. The molecule has 1 aliphatic carbocycles. The molecule has 2 N–H and O–H groups in total. The van der Waals surface area contributed by atoms with Crippen molar-refractivity contribution in [3.63, 3.8) is 0 Å². The van der Waals surface area contributed by atoms with Crippen LogP contribution < -0.4 is 10.1 Å². The Balaban J connectivity index is 1.76. The van der Waals surface area contributed by atoms with Crippen LogP contribution in [0.25, 0.3) is 0 Å². The predicted molar refractivity (Wildman–Crippen MR) is 92.1 cm³/mol. The number of nitrogens with zero attached hydrogens (tertiary/aromatic N) is 1. The fraction of sp³-hybridized carbons (Fsp3) is 0.278. The standard InChI is InChI=1S/C18H17ClN2O4/c19-14-11-12(3-4-15(14)25-13-5-9-20-10-6-13)16(22)21-18(17(23)24)7-1-2-8-18/h3-6,9-11H,1-2,7-8H2,(H,21,22)(H,23,24). The van der Waals surface area contributed by atoms with E-state index in [2.05, 4.69) is 10.3 Å². The molecule has 6 nitrogen and oxygen atoms in total.